The van der Waals surface area contributed by atoms with Gasteiger partial charge in [-0.05, 0) is 51.7 Å². The van der Waals surface area contributed by atoms with Crippen LogP contribution in [0.2, 0.25) is 5.02 Å². The third-order valence-electron chi connectivity index (χ3n) is 2.84. The molecule has 100 valence electrons. The molecule has 0 saturated heterocycles. The highest BCUT2D eigenvalue weighted by atomic mass is 79.9. The molecule has 0 amide bonds. The summed E-state index contributed by atoms with van der Waals surface area (Å²) in [4.78, 5) is 0. The second-order valence-electron chi connectivity index (χ2n) is 4.20. The lowest BCUT2D eigenvalue weighted by molar-refractivity contribution is 0.609. The second-order valence-corrected chi connectivity index (χ2v) is 5.43. The van der Waals surface area contributed by atoms with Crippen molar-refractivity contribution >= 4 is 27.5 Å². The number of halogens is 4. The Morgan fingerprint density at radius 2 is 1.89 bits per heavy atom. The fourth-order valence-electron chi connectivity index (χ4n) is 1.80. The van der Waals surface area contributed by atoms with Crippen molar-refractivity contribution in [2.45, 2.75) is 12.5 Å². The number of nitrogens with two attached hydrogens (primary N) is 1. The van der Waals surface area contributed by atoms with E-state index < -0.39 is 11.9 Å². The predicted octanol–water partition coefficient (Wildman–Crippen LogP) is 4.62. The van der Waals surface area contributed by atoms with Crippen LogP contribution in [0.4, 0.5) is 8.78 Å². The average molecular weight is 347 g/mol. The zero-order valence-electron chi connectivity index (χ0n) is 9.84. The van der Waals surface area contributed by atoms with Crippen LogP contribution in [0.1, 0.15) is 17.2 Å². The molecule has 2 rings (SSSR count). The molecule has 2 N–H and O–H groups in total. The van der Waals surface area contributed by atoms with Gasteiger partial charge in [0, 0.05) is 6.04 Å². The zero-order chi connectivity index (χ0) is 14.0. The van der Waals surface area contributed by atoms with E-state index in [1.54, 1.807) is 24.3 Å². The van der Waals surface area contributed by atoms with E-state index in [1.165, 1.54) is 12.1 Å². The fourth-order valence-corrected chi connectivity index (χ4v) is 2.25. The van der Waals surface area contributed by atoms with Crippen LogP contribution in [0, 0.1) is 11.6 Å². The van der Waals surface area contributed by atoms with Gasteiger partial charge in [0.05, 0.1) is 9.50 Å². The molecule has 0 radical (unpaired) electrons. The maximum Gasteiger partial charge on any atom is 0.142 e. The molecule has 0 heterocycles. The summed E-state index contributed by atoms with van der Waals surface area (Å²) in [5.74, 6) is -0.855. The lowest BCUT2D eigenvalue weighted by Gasteiger charge is -2.14. The van der Waals surface area contributed by atoms with Gasteiger partial charge >= 0.3 is 0 Å². The third kappa shape index (κ3) is 3.32. The SMILES string of the molecule is NC(Cc1cccc(F)c1Cl)c1ccc(Br)c(F)c1. The molecule has 0 saturated carbocycles. The Kier molecular flexibility index (Phi) is 4.55. The molecule has 2 aromatic carbocycles. The van der Waals surface area contributed by atoms with Gasteiger partial charge in [-0.2, -0.15) is 0 Å². The van der Waals surface area contributed by atoms with E-state index in [0.717, 1.165) is 0 Å². The van der Waals surface area contributed by atoms with Crippen LogP contribution in [-0.4, -0.2) is 0 Å². The maximum atomic E-state index is 13.4. The minimum atomic E-state index is -0.478. The lowest BCUT2D eigenvalue weighted by atomic mass is 9.99. The normalized spacial score (nSPS) is 12.5. The summed E-state index contributed by atoms with van der Waals surface area (Å²) in [6.45, 7) is 0. The number of benzene rings is 2. The molecule has 1 atom stereocenters. The topological polar surface area (TPSA) is 26.0 Å². The largest absolute Gasteiger partial charge is 0.324 e. The van der Waals surface area contributed by atoms with Gasteiger partial charge in [0.25, 0.3) is 0 Å². The predicted molar refractivity (Wildman–Crippen MR) is 76.1 cm³/mol. The van der Waals surface area contributed by atoms with Gasteiger partial charge in [0.15, 0.2) is 0 Å². The van der Waals surface area contributed by atoms with Gasteiger partial charge in [-0.15, -0.1) is 0 Å². The highest BCUT2D eigenvalue weighted by molar-refractivity contribution is 9.10. The first kappa shape index (κ1) is 14.4. The van der Waals surface area contributed by atoms with Gasteiger partial charge in [-0.25, -0.2) is 8.78 Å². The van der Waals surface area contributed by atoms with Gasteiger partial charge in [0.2, 0.25) is 0 Å². The first-order valence-corrected chi connectivity index (χ1v) is 6.79. The summed E-state index contributed by atoms with van der Waals surface area (Å²) < 4.78 is 27.1. The van der Waals surface area contributed by atoms with Crippen molar-refractivity contribution in [2.75, 3.05) is 0 Å². The molecule has 0 aliphatic carbocycles. The summed E-state index contributed by atoms with van der Waals surface area (Å²) in [6.07, 6.45) is 0.345. The zero-order valence-corrected chi connectivity index (χ0v) is 12.2. The smallest absolute Gasteiger partial charge is 0.142 e. The Morgan fingerprint density at radius 1 is 1.16 bits per heavy atom. The molecule has 5 heteroatoms. The first-order valence-electron chi connectivity index (χ1n) is 5.62. The van der Waals surface area contributed by atoms with Crippen molar-refractivity contribution in [3.63, 3.8) is 0 Å². The summed E-state index contributed by atoms with van der Waals surface area (Å²) >= 11 is 8.95. The molecule has 0 spiro atoms. The van der Waals surface area contributed by atoms with E-state index in [1.807, 2.05) is 0 Å². The Balaban J connectivity index is 2.23. The van der Waals surface area contributed by atoms with Crippen LogP contribution >= 0.6 is 27.5 Å². The monoisotopic (exact) mass is 345 g/mol. The minimum Gasteiger partial charge on any atom is -0.324 e. The van der Waals surface area contributed by atoms with E-state index in [2.05, 4.69) is 15.9 Å². The van der Waals surface area contributed by atoms with Crippen LogP contribution in [0.5, 0.6) is 0 Å². The van der Waals surface area contributed by atoms with Crippen molar-refractivity contribution in [3.8, 4) is 0 Å². The number of hydrogen-bond donors (Lipinski definition) is 1. The third-order valence-corrected chi connectivity index (χ3v) is 3.91. The Bertz CT molecular complexity index is 604. The molecule has 0 bridgehead atoms. The van der Waals surface area contributed by atoms with Crippen LogP contribution in [-0.2, 0) is 6.42 Å². The molecule has 0 aromatic heterocycles. The highest BCUT2D eigenvalue weighted by Crippen LogP contribution is 2.26. The van der Waals surface area contributed by atoms with Gasteiger partial charge in [-0.1, -0.05) is 29.8 Å². The fraction of sp³-hybridized carbons (Fsp3) is 0.143. The van der Waals surface area contributed by atoms with E-state index in [9.17, 15) is 8.78 Å². The molecule has 2 aromatic rings. The molecular formula is C14H11BrClF2N. The second kappa shape index (κ2) is 5.99. The molecule has 1 unspecified atom stereocenters. The van der Waals surface area contributed by atoms with E-state index in [4.69, 9.17) is 17.3 Å². The summed E-state index contributed by atoms with van der Waals surface area (Å²) in [6, 6.07) is 8.81. The molecular weight excluding hydrogens is 336 g/mol. The van der Waals surface area contributed by atoms with Gasteiger partial charge in [-0.3, -0.25) is 0 Å². The summed E-state index contributed by atoms with van der Waals surface area (Å²) in [7, 11) is 0. The van der Waals surface area contributed by atoms with Crippen LogP contribution in [0.25, 0.3) is 0 Å². The van der Waals surface area contributed by atoms with Crippen molar-refractivity contribution in [1.29, 1.82) is 0 Å². The molecule has 0 aliphatic heterocycles. The summed E-state index contributed by atoms with van der Waals surface area (Å²) in [5.41, 5.74) is 7.25. The number of rotatable bonds is 3. The molecule has 1 nitrogen and oxygen atoms in total. The standard InChI is InChI=1S/C14H11BrClF2N/c15-10-5-4-8(6-12(10)18)13(19)7-9-2-1-3-11(17)14(9)16/h1-6,13H,7,19H2. The maximum absolute atomic E-state index is 13.4. The van der Waals surface area contributed by atoms with Crippen molar-refractivity contribution in [2.24, 2.45) is 5.73 Å². The highest BCUT2D eigenvalue weighted by Gasteiger charge is 2.13. The molecule has 0 aliphatic rings. The summed E-state index contributed by atoms with van der Waals surface area (Å²) in [5, 5.41) is 0.0653. The van der Waals surface area contributed by atoms with E-state index in [-0.39, 0.29) is 10.8 Å². The lowest BCUT2D eigenvalue weighted by Crippen LogP contribution is -2.14. The van der Waals surface area contributed by atoms with Gasteiger partial charge in [0.1, 0.15) is 11.6 Å². The van der Waals surface area contributed by atoms with E-state index >= 15 is 0 Å². The van der Waals surface area contributed by atoms with Crippen LogP contribution < -0.4 is 5.73 Å². The van der Waals surface area contributed by atoms with Crippen molar-refractivity contribution in [3.05, 3.63) is 68.7 Å². The van der Waals surface area contributed by atoms with Crippen LogP contribution in [0.15, 0.2) is 40.9 Å². The Morgan fingerprint density at radius 3 is 2.58 bits per heavy atom. The van der Waals surface area contributed by atoms with Crippen LogP contribution in [0.3, 0.4) is 0 Å². The number of hydrogen-bond acceptors (Lipinski definition) is 1. The Hall–Kier alpha value is -0.970. The van der Waals surface area contributed by atoms with E-state index in [0.29, 0.717) is 22.0 Å². The van der Waals surface area contributed by atoms with Crippen molar-refractivity contribution in [1.82, 2.24) is 0 Å². The average Bonchev–Trinajstić information content (AvgIpc) is 2.38. The minimum absolute atomic E-state index is 0.0653. The first-order chi connectivity index (χ1) is 8.99. The quantitative estimate of drug-likeness (QED) is 0.862. The Labute approximate surface area is 123 Å². The molecule has 19 heavy (non-hydrogen) atoms. The molecule has 0 fully saturated rings. The van der Waals surface area contributed by atoms with Gasteiger partial charge < -0.3 is 5.73 Å². The van der Waals surface area contributed by atoms with Crippen molar-refractivity contribution < 1.29 is 8.78 Å².